The summed E-state index contributed by atoms with van der Waals surface area (Å²) in [7, 11) is 0. The molecular formula is C14H6ClF3IN3O4. The van der Waals surface area contributed by atoms with Gasteiger partial charge in [0.1, 0.15) is 11.6 Å². The van der Waals surface area contributed by atoms with Gasteiger partial charge in [0.25, 0.3) is 17.4 Å². The van der Waals surface area contributed by atoms with Gasteiger partial charge in [-0.05, 0) is 28.7 Å². The summed E-state index contributed by atoms with van der Waals surface area (Å²) in [5, 5.41) is 1.73. The van der Waals surface area contributed by atoms with Gasteiger partial charge < -0.3 is 10.5 Å². The van der Waals surface area contributed by atoms with Gasteiger partial charge >= 0.3 is 6.36 Å². The lowest BCUT2D eigenvalue weighted by Gasteiger charge is -2.17. The number of fused-ring (bicyclic) bond motifs is 1. The minimum Gasteiger partial charge on any atom is -0.406 e. The van der Waals surface area contributed by atoms with Gasteiger partial charge in [0.05, 0.1) is 21.8 Å². The number of ether oxygens (including phenoxy) is 1. The maximum atomic E-state index is 12.4. The Morgan fingerprint density at radius 1 is 1.15 bits per heavy atom. The standard InChI is InChI=1S/C14H6ClF3IN3O4/c15-6-1-4(26-14(16,17)18)2-7(19)10(6)22-8(23)3-5-9(11(22)20)13(25)21-12(5)24/h1-3H,20H2,(H,21,24,25). The summed E-state index contributed by atoms with van der Waals surface area (Å²) in [6.07, 6.45) is -4.92. The number of alkyl halides is 3. The number of nitrogen functional groups attached to an aromatic ring is 1. The molecule has 26 heavy (non-hydrogen) atoms. The number of aromatic nitrogens is 1. The summed E-state index contributed by atoms with van der Waals surface area (Å²) in [5.41, 5.74) is 4.66. The van der Waals surface area contributed by atoms with Gasteiger partial charge in [-0.3, -0.25) is 24.3 Å². The van der Waals surface area contributed by atoms with E-state index in [1.54, 1.807) is 22.6 Å². The van der Waals surface area contributed by atoms with Crippen molar-refractivity contribution >= 4 is 51.8 Å². The van der Waals surface area contributed by atoms with E-state index in [-0.39, 0.29) is 31.2 Å². The fourth-order valence-electron chi connectivity index (χ4n) is 2.46. The van der Waals surface area contributed by atoms with Crippen LogP contribution in [-0.4, -0.2) is 22.7 Å². The Hall–Kier alpha value is -2.28. The van der Waals surface area contributed by atoms with Gasteiger partial charge in [-0.25, -0.2) is 0 Å². The second kappa shape index (κ2) is 6.16. The third kappa shape index (κ3) is 3.11. The van der Waals surface area contributed by atoms with Gasteiger partial charge in [-0.1, -0.05) is 11.6 Å². The highest BCUT2D eigenvalue weighted by Gasteiger charge is 2.34. The van der Waals surface area contributed by atoms with Crippen LogP contribution >= 0.6 is 34.2 Å². The zero-order valence-electron chi connectivity index (χ0n) is 12.3. The summed E-state index contributed by atoms with van der Waals surface area (Å²) in [6.45, 7) is 0. The number of imide groups is 1. The molecule has 1 aromatic carbocycles. The molecule has 2 heterocycles. The van der Waals surface area contributed by atoms with Gasteiger partial charge in [0, 0.05) is 15.7 Å². The summed E-state index contributed by atoms with van der Waals surface area (Å²) in [6, 6.07) is 2.76. The molecule has 2 aromatic rings. The fraction of sp³-hybridized carbons (Fsp3) is 0.0714. The van der Waals surface area contributed by atoms with Crippen molar-refractivity contribution in [3.8, 4) is 11.4 Å². The predicted molar refractivity (Wildman–Crippen MR) is 92.7 cm³/mol. The first-order valence-corrected chi connectivity index (χ1v) is 8.11. The summed E-state index contributed by atoms with van der Waals surface area (Å²) in [4.78, 5) is 35.9. The minimum atomic E-state index is -4.92. The van der Waals surface area contributed by atoms with Crippen molar-refractivity contribution in [1.29, 1.82) is 0 Å². The van der Waals surface area contributed by atoms with E-state index in [0.29, 0.717) is 0 Å². The normalized spacial score (nSPS) is 13.6. The molecule has 136 valence electrons. The van der Waals surface area contributed by atoms with E-state index in [9.17, 15) is 27.6 Å². The second-order valence-corrected chi connectivity index (χ2v) is 6.63. The molecule has 0 saturated heterocycles. The van der Waals surface area contributed by atoms with Crippen LogP contribution in [0.2, 0.25) is 5.02 Å². The SMILES string of the molecule is Nc1c2c(cc(=O)n1-c1c(Cl)cc(OC(F)(F)F)cc1I)C(=O)NC2=O. The Bertz CT molecular complexity index is 1010. The van der Waals surface area contributed by atoms with E-state index < -0.39 is 29.5 Å². The minimum absolute atomic E-state index is 0.0424. The molecule has 1 aliphatic rings. The average Bonchev–Trinajstić information content (AvgIpc) is 2.74. The Morgan fingerprint density at radius 2 is 1.81 bits per heavy atom. The van der Waals surface area contributed by atoms with Gasteiger partial charge in [0.2, 0.25) is 0 Å². The largest absolute Gasteiger partial charge is 0.573 e. The monoisotopic (exact) mass is 499 g/mol. The number of nitrogens with one attached hydrogen (secondary N) is 1. The fourth-order valence-corrected chi connectivity index (χ4v) is 3.75. The quantitative estimate of drug-likeness (QED) is 0.488. The first kappa shape index (κ1) is 18.5. The first-order chi connectivity index (χ1) is 12.0. The van der Waals surface area contributed by atoms with E-state index in [0.717, 1.165) is 22.8 Å². The van der Waals surface area contributed by atoms with Crippen LogP contribution in [0, 0.1) is 3.57 Å². The molecule has 0 saturated carbocycles. The van der Waals surface area contributed by atoms with Crippen LogP contribution in [0.25, 0.3) is 5.69 Å². The molecule has 0 unspecified atom stereocenters. The Labute approximate surface area is 161 Å². The molecule has 1 aromatic heterocycles. The van der Waals surface area contributed by atoms with Crippen LogP contribution in [0.3, 0.4) is 0 Å². The number of anilines is 1. The van der Waals surface area contributed by atoms with Crippen LogP contribution in [-0.2, 0) is 0 Å². The van der Waals surface area contributed by atoms with E-state index in [1.807, 2.05) is 5.32 Å². The smallest absolute Gasteiger partial charge is 0.406 e. The van der Waals surface area contributed by atoms with Gasteiger partial charge in [0.15, 0.2) is 0 Å². The molecule has 0 aliphatic carbocycles. The van der Waals surface area contributed by atoms with E-state index in [1.165, 1.54) is 0 Å². The van der Waals surface area contributed by atoms with Crippen LogP contribution < -0.4 is 21.3 Å². The number of halogens is 5. The van der Waals surface area contributed by atoms with E-state index in [2.05, 4.69) is 4.74 Å². The maximum absolute atomic E-state index is 12.4. The zero-order valence-corrected chi connectivity index (χ0v) is 15.2. The number of nitrogens with two attached hydrogens (primary N) is 1. The number of rotatable bonds is 2. The number of benzene rings is 1. The van der Waals surface area contributed by atoms with E-state index >= 15 is 0 Å². The summed E-state index contributed by atoms with van der Waals surface area (Å²) < 4.78 is 41.9. The first-order valence-electron chi connectivity index (χ1n) is 6.66. The molecule has 0 radical (unpaired) electrons. The second-order valence-electron chi connectivity index (χ2n) is 5.06. The number of carbonyl (C=O) groups is 2. The van der Waals surface area contributed by atoms with Gasteiger partial charge in [-0.2, -0.15) is 0 Å². The number of carbonyl (C=O) groups excluding carboxylic acids is 2. The Morgan fingerprint density at radius 3 is 2.38 bits per heavy atom. The Balaban J connectivity index is 2.23. The predicted octanol–water partition coefficient (Wildman–Crippen LogP) is 2.46. The van der Waals surface area contributed by atoms with Crippen LogP contribution in [0.4, 0.5) is 19.0 Å². The van der Waals surface area contributed by atoms with Crippen LogP contribution in [0.1, 0.15) is 20.7 Å². The third-order valence-electron chi connectivity index (χ3n) is 3.40. The van der Waals surface area contributed by atoms with Crippen molar-refractivity contribution in [1.82, 2.24) is 9.88 Å². The molecule has 3 rings (SSSR count). The molecule has 3 N–H and O–H groups in total. The molecule has 12 heteroatoms. The highest BCUT2D eigenvalue weighted by molar-refractivity contribution is 14.1. The van der Waals surface area contributed by atoms with Crippen molar-refractivity contribution in [3.05, 3.63) is 48.3 Å². The van der Waals surface area contributed by atoms with Crippen molar-refractivity contribution in [3.63, 3.8) is 0 Å². The molecule has 0 fully saturated rings. The molecule has 0 atom stereocenters. The number of hydrogen-bond donors (Lipinski definition) is 2. The third-order valence-corrected chi connectivity index (χ3v) is 4.51. The number of nitrogens with zero attached hydrogens (tertiary/aromatic N) is 1. The average molecular weight is 500 g/mol. The van der Waals surface area contributed by atoms with Crippen molar-refractivity contribution in [2.45, 2.75) is 6.36 Å². The summed E-state index contributed by atoms with van der Waals surface area (Å²) in [5.74, 6) is -2.51. The lowest BCUT2D eigenvalue weighted by molar-refractivity contribution is -0.274. The van der Waals surface area contributed by atoms with Crippen LogP contribution in [0.15, 0.2) is 23.0 Å². The molecule has 2 amide bonds. The number of pyridine rings is 1. The number of amides is 2. The van der Waals surface area contributed by atoms with Crippen LogP contribution in [0.5, 0.6) is 5.75 Å². The van der Waals surface area contributed by atoms with Crippen molar-refractivity contribution in [2.75, 3.05) is 5.73 Å². The Kier molecular flexibility index (Phi) is 4.38. The maximum Gasteiger partial charge on any atom is 0.573 e. The van der Waals surface area contributed by atoms with Crippen molar-refractivity contribution < 1.29 is 27.5 Å². The highest BCUT2D eigenvalue weighted by Crippen LogP contribution is 2.35. The molecule has 7 nitrogen and oxygen atoms in total. The molecular weight excluding hydrogens is 494 g/mol. The molecule has 0 bridgehead atoms. The van der Waals surface area contributed by atoms with Gasteiger partial charge in [-0.15, -0.1) is 13.2 Å². The van der Waals surface area contributed by atoms with Crippen molar-refractivity contribution in [2.24, 2.45) is 0 Å². The topological polar surface area (TPSA) is 103 Å². The lowest BCUT2D eigenvalue weighted by Crippen LogP contribution is -2.25. The zero-order chi connectivity index (χ0) is 19.4. The lowest BCUT2D eigenvalue weighted by atomic mass is 10.1. The summed E-state index contributed by atoms with van der Waals surface area (Å²) >= 11 is 7.67. The molecule has 0 spiro atoms. The number of hydrogen-bond acceptors (Lipinski definition) is 5. The molecule has 1 aliphatic heterocycles. The van der Waals surface area contributed by atoms with E-state index in [4.69, 9.17) is 17.3 Å². The highest BCUT2D eigenvalue weighted by atomic mass is 127.